The average molecular weight is 336 g/mol. The zero-order valence-electron chi connectivity index (χ0n) is 12.7. The van der Waals surface area contributed by atoms with Gasteiger partial charge in [-0.25, -0.2) is 13.1 Å². The number of aryl methyl sites for hydroxylation is 2. The fourth-order valence-corrected chi connectivity index (χ4v) is 5.68. The summed E-state index contributed by atoms with van der Waals surface area (Å²) in [6.07, 6.45) is 0.989. The number of hydrogen-bond acceptors (Lipinski definition) is 4. The first kappa shape index (κ1) is 15.7. The molecular formula is C16H20N2O2S2. The summed E-state index contributed by atoms with van der Waals surface area (Å²) in [5, 5.41) is 3.40. The zero-order valence-corrected chi connectivity index (χ0v) is 14.4. The highest BCUT2D eigenvalue weighted by Gasteiger charge is 2.24. The predicted octanol–water partition coefficient (Wildman–Crippen LogP) is 2.53. The van der Waals surface area contributed by atoms with Gasteiger partial charge in [0.1, 0.15) is 4.21 Å². The number of fused-ring (bicyclic) bond motifs is 1. The molecule has 2 aromatic rings. The van der Waals surface area contributed by atoms with Crippen molar-refractivity contribution in [2.24, 2.45) is 0 Å². The molecule has 0 fully saturated rings. The van der Waals surface area contributed by atoms with Gasteiger partial charge in [0, 0.05) is 17.5 Å². The Bertz CT molecular complexity index is 781. The van der Waals surface area contributed by atoms with Gasteiger partial charge in [-0.05, 0) is 49.6 Å². The lowest BCUT2D eigenvalue weighted by Crippen LogP contribution is -2.38. The lowest BCUT2D eigenvalue weighted by molar-refractivity contribution is 0.492. The fraction of sp³-hybridized carbons (Fsp3) is 0.375. The molecule has 1 aliphatic rings. The number of benzene rings is 1. The molecule has 0 aliphatic carbocycles. The fourth-order valence-electron chi connectivity index (χ4n) is 2.92. The highest BCUT2D eigenvalue weighted by Crippen LogP contribution is 2.27. The Morgan fingerprint density at radius 3 is 2.82 bits per heavy atom. The van der Waals surface area contributed by atoms with E-state index in [-0.39, 0.29) is 6.04 Å². The van der Waals surface area contributed by atoms with Gasteiger partial charge in [-0.2, -0.15) is 0 Å². The Labute approximate surface area is 135 Å². The molecule has 1 atom stereocenters. The van der Waals surface area contributed by atoms with Crippen molar-refractivity contribution in [1.82, 2.24) is 10.0 Å². The average Bonchev–Trinajstić information content (AvgIpc) is 2.85. The first-order valence-corrected chi connectivity index (χ1v) is 9.65. The van der Waals surface area contributed by atoms with Crippen LogP contribution in [0.2, 0.25) is 0 Å². The zero-order chi connectivity index (χ0) is 15.7. The summed E-state index contributed by atoms with van der Waals surface area (Å²) in [4.78, 5) is 1.01. The molecular weight excluding hydrogens is 316 g/mol. The summed E-state index contributed by atoms with van der Waals surface area (Å²) in [6.45, 7) is 5.01. The van der Waals surface area contributed by atoms with Crippen LogP contribution in [0.4, 0.5) is 0 Å². The molecule has 1 unspecified atom stereocenters. The minimum absolute atomic E-state index is 0.0288. The molecule has 1 aromatic heterocycles. The third-order valence-electron chi connectivity index (χ3n) is 3.93. The normalized spacial score (nSPS) is 18.2. The van der Waals surface area contributed by atoms with Crippen LogP contribution >= 0.6 is 11.3 Å². The van der Waals surface area contributed by atoms with E-state index >= 15 is 0 Å². The summed E-state index contributed by atoms with van der Waals surface area (Å²) in [5.74, 6) is 0. The highest BCUT2D eigenvalue weighted by molar-refractivity contribution is 7.91. The minimum Gasteiger partial charge on any atom is -0.308 e. The topological polar surface area (TPSA) is 58.2 Å². The van der Waals surface area contributed by atoms with E-state index in [1.54, 1.807) is 0 Å². The van der Waals surface area contributed by atoms with E-state index in [1.807, 2.05) is 32.0 Å². The maximum Gasteiger partial charge on any atom is 0.250 e. The van der Waals surface area contributed by atoms with Crippen molar-refractivity contribution in [2.75, 3.05) is 13.1 Å². The molecule has 1 aromatic carbocycles. The van der Waals surface area contributed by atoms with Gasteiger partial charge in [-0.1, -0.05) is 24.3 Å². The van der Waals surface area contributed by atoms with Crippen LogP contribution in [0.15, 0.2) is 34.5 Å². The van der Waals surface area contributed by atoms with Gasteiger partial charge in [-0.3, -0.25) is 0 Å². The Hall–Kier alpha value is -1.21. The van der Waals surface area contributed by atoms with E-state index in [1.165, 1.54) is 22.5 Å². The van der Waals surface area contributed by atoms with Gasteiger partial charge in [0.15, 0.2) is 0 Å². The van der Waals surface area contributed by atoms with E-state index in [9.17, 15) is 8.42 Å². The summed E-state index contributed by atoms with van der Waals surface area (Å²) in [7, 11) is -3.44. The number of sulfonamides is 1. The van der Waals surface area contributed by atoms with Crippen molar-refractivity contribution in [3.05, 3.63) is 51.9 Å². The van der Waals surface area contributed by atoms with Crippen LogP contribution in [0.3, 0.4) is 0 Å². The van der Waals surface area contributed by atoms with Crippen molar-refractivity contribution >= 4 is 21.4 Å². The van der Waals surface area contributed by atoms with E-state index < -0.39 is 10.0 Å². The van der Waals surface area contributed by atoms with Crippen LogP contribution in [0.1, 0.15) is 27.6 Å². The number of nitrogens with one attached hydrogen (secondary N) is 2. The first-order valence-electron chi connectivity index (χ1n) is 7.35. The molecule has 1 aliphatic heterocycles. The molecule has 6 heteroatoms. The summed E-state index contributed by atoms with van der Waals surface area (Å²) < 4.78 is 28.2. The molecule has 3 rings (SSSR count). The standard InChI is InChI=1S/C16H20N2O2S2/c1-11-9-12(2)21-16(11)22(19,20)18-10-15-14-6-4-3-5-13(14)7-8-17-15/h3-6,9,15,17-18H,7-8,10H2,1-2H3. The van der Waals surface area contributed by atoms with Crippen molar-refractivity contribution < 1.29 is 8.42 Å². The smallest absolute Gasteiger partial charge is 0.250 e. The van der Waals surface area contributed by atoms with Gasteiger partial charge < -0.3 is 5.32 Å². The van der Waals surface area contributed by atoms with Gasteiger partial charge >= 0.3 is 0 Å². The maximum atomic E-state index is 12.5. The molecule has 0 saturated carbocycles. The third kappa shape index (κ3) is 3.10. The van der Waals surface area contributed by atoms with Crippen molar-refractivity contribution in [3.8, 4) is 0 Å². The molecule has 2 heterocycles. The van der Waals surface area contributed by atoms with E-state index in [4.69, 9.17) is 0 Å². The first-order chi connectivity index (χ1) is 10.5. The van der Waals surface area contributed by atoms with Crippen LogP contribution in [-0.4, -0.2) is 21.5 Å². The Kier molecular flexibility index (Phi) is 4.36. The molecule has 2 N–H and O–H groups in total. The second kappa shape index (κ2) is 6.12. The molecule has 0 spiro atoms. The monoisotopic (exact) mass is 336 g/mol. The lowest BCUT2D eigenvalue weighted by Gasteiger charge is -2.27. The second-order valence-electron chi connectivity index (χ2n) is 5.63. The van der Waals surface area contributed by atoms with Crippen LogP contribution in [0, 0.1) is 13.8 Å². The van der Waals surface area contributed by atoms with E-state index in [2.05, 4.69) is 22.2 Å². The molecule has 22 heavy (non-hydrogen) atoms. The maximum absolute atomic E-state index is 12.5. The molecule has 4 nitrogen and oxygen atoms in total. The number of hydrogen-bond donors (Lipinski definition) is 2. The van der Waals surface area contributed by atoms with Gasteiger partial charge in [-0.15, -0.1) is 11.3 Å². The highest BCUT2D eigenvalue weighted by atomic mass is 32.2. The van der Waals surface area contributed by atoms with Gasteiger partial charge in [0.05, 0.1) is 0 Å². The van der Waals surface area contributed by atoms with Crippen molar-refractivity contribution in [1.29, 1.82) is 0 Å². The SMILES string of the molecule is Cc1cc(C)c(S(=O)(=O)NCC2NCCc3ccccc32)s1. The summed E-state index contributed by atoms with van der Waals surface area (Å²) >= 11 is 1.32. The van der Waals surface area contributed by atoms with Crippen molar-refractivity contribution in [2.45, 2.75) is 30.5 Å². The summed E-state index contributed by atoms with van der Waals surface area (Å²) in [5.41, 5.74) is 3.30. The molecule has 0 radical (unpaired) electrons. The van der Waals surface area contributed by atoms with Crippen molar-refractivity contribution in [3.63, 3.8) is 0 Å². The van der Waals surface area contributed by atoms with Gasteiger partial charge in [0.25, 0.3) is 0 Å². The molecule has 0 bridgehead atoms. The quantitative estimate of drug-likeness (QED) is 0.902. The minimum atomic E-state index is -3.44. The second-order valence-corrected chi connectivity index (χ2v) is 8.85. The largest absolute Gasteiger partial charge is 0.308 e. The predicted molar refractivity (Wildman–Crippen MR) is 89.9 cm³/mol. The van der Waals surface area contributed by atoms with E-state index in [0.29, 0.717) is 10.8 Å². The Morgan fingerprint density at radius 2 is 2.09 bits per heavy atom. The van der Waals surface area contributed by atoms with Crippen LogP contribution < -0.4 is 10.0 Å². The van der Waals surface area contributed by atoms with Crippen LogP contribution in [-0.2, 0) is 16.4 Å². The van der Waals surface area contributed by atoms with Crippen LogP contribution in [0.5, 0.6) is 0 Å². The van der Waals surface area contributed by atoms with Crippen LogP contribution in [0.25, 0.3) is 0 Å². The molecule has 0 saturated heterocycles. The third-order valence-corrected chi connectivity index (χ3v) is 7.14. The Morgan fingerprint density at radius 1 is 1.32 bits per heavy atom. The number of rotatable bonds is 4. The molecule has 118 valence electrons. The van der Waals surface area contributed by atoms with Gasteiger partial charge in [0.2, 0.25) is 10.0 Å². The number of thiophene rings is 1. The molecule has 0 amide bonds. The summed E-state index contributed by atoms with van der Waals surface area (Å²) in [6, 6.07) is 10.2. The van der Waals surface area contributed by atoms with E-state index in [0.717, 1.165) is 23.4 Å². The lowest BCUT2D eigenvalue weighted by atomic mass is 9.95. The Balaban J connectivity index is 1.77.